The molecule has 0 aliphatic rings. The number of benzene rings is 3. The predicted octanol–water partition coefficient (Wildman–Crippen LogP) is 3.84. The van der Waals surface area contributed by atoms with Crippen LogP contribution in [0.5, 0.6) is 17.2 Å². The lowest BCUT2D eigenvalue weighted by Gasteiger charge is -2.19. The third-order valence-electron chi connectivity index (χ3n) is 5.43. The van der Waals surface area contributed by atoms with Gasteiger partial charge in [-0.3, -0.25) is 14.9 Å². The molecule has 0 atom stereocenters. The Kier molecular flexibility index (Phi) is 6.18. The van der Waals surface area contributed by atoms with E-state index in [1.165, 1.54) is 39.5 Å². The number of hydrogen-bond acceptors (Lipinski definition) is 8. The van der Waals surface area contributed by atoms with Gasteiger partial charge in [0.2, 0.25) is 0 Å². The first-order valence-corrected chi connectivity index (χ1v) is 11.6. The third kappa shape index (κ3) is 4.17. The molecule has 0 fully saturated rings. The first-order chi connectivity index (χ1) is 16.7. The Morgan fingerprint density at radius 1 is 0.829 bits per heavy atom. The standard InChI is InChI=1S/C24H20N2O8S/c1-32-17-8-4-15(5-9-17)20-14-22(27)24-21(12-18(33-2)13-23(24)34-3)25(20)35(30,31)19-10-6-16(7-11-19)26(28)29/h4-14H,1-3H3. The van der Waals surface area contributed by atoms with Crippen molar-refractivity contribution in [3.05, 3.63) is 87.1 Å². The summed E-state index contributed by atoms with van der Waals surface area (Å²) >= 11 is 0. The predicted molar refractivity (Wildman–Crippen MR) is 129 cm³/mol. The Hall–Kier alpha value is -4.38. The van der Waals surface area contributed by atoms with Gasteiger partial charge in [-0.1, -0.05) is 0 Å². The van der Waals surface area contributed by atoms with Gasteiger partial charge in [0.25, 0.3) is 15.7 Å². The second kappa shape index (κ2) is 9.11. The van der Waals surface area contributed by atoms with E-state index in [1.54, 1.807) is 24.3 Å². The van der Waals surface area contributed by atoms with Crippen molar-refractivity contribution in [1.29, 1.82) is 0 Å². The van der Waals surface area contributed by atoms with Crippen molar-refractivity contribution in [3.63, 3.8) is 0 Å². The van der Waals surface area contributed by atoms with E-state index in [0.717, 1.165) is 28.2 Å². The minimum absolute atomic E-state index is 0.0258. The molecule has 1 heterocycles. The second-order valence-corrected chi connectivity index (χ2v) is 9.15. The van der Waals surface area contributed by atoms with Gasteiger partial charge in [0.05, 0.1) is 47.7 Å². The monoisotopic (exact) mass is 496 g/mol. The number of hydrogen-bond donors (Lipinski definition) is 0. The summed E-state index contributed by atoms with van der Waals surface area (Å²) in [6.45, 7) is 0. The fourth-order valence-corrected chi connectivity index (χ4v) is 5.22. The molecule has 3 aromatic carbocycles. The van der Waals surface area contributed by atoms with Crippen LogP contribution in [0.3, 0.4) is 0 Å². The molecule has 4 aromatic rings. The van der Waals surface area contributed by atoms with Gasteiger partial charge >= 0.3 is 0 Å². The summed E-state index contributed by atoms with van der Waals surface area (Å²) in [6, 6.07) is 15.1. The van der Waals surface area contributed by atoms with Gasteiger partial charge in [0.15, 0.2) is 5.43 Å². The Balaban J connectivity index is 2.13. The highest BCUT2D eigenvalue weighted by Gasteiger charge is 2.26. The van der Waals surface area contributed by atoms with Crippen LogP contribution in [0.4, 0.5) is 5.69 Å². The molecule has 10 nitrogen and oxygen atoms in total. The summed E-state index contributed by atoms with van der Waals surface area (Å²) in [5.41, 5.74) is -0.179. The fraction of sp³-hybridized carbons (Fsp3) is 0.125. The maximum absolute atomic E-state index is 13.9. The highest BCUT2D eigenvalue weighted by Crippen LogP contribution is 2.35. The van der Waals surface area contributed by atoms with E-state index in [1.807, 2.05) is 0 Å². The number of nitrogens with zero attached hydrogens (tertiary/aromatic N) is 2. The van der Waals surface area contributed by atoms with Crippen LogP contribution in [0.25, 0.3) is 22.2 Å². The summed E-state index contributed by atoms with van der Waals surface area (Å²) in [5, 5.41) is 11.1. The van der Waals surface area contributed by atoms with Crippen molar-refractivity contribution in [1.82, 2.24) is 3.97 Å². The number of fused-ring (bicyclic) bond motifs is 1. The lowest BCUT2D eigenvalue weighted by Crippen LogP contribution is -2.20. The number of rotatable bonds is 7. The molecule has 0 spiro atoms. The van der Waals surface area contributed by atoms with Crippen molar-refractivity contribution in [2.24, 2.45) is 0 Å². The Morgan fingerprint density at radius 3 is 2.00 bits per heavy atom. The molecule has 0 saturated heterocycles. The van der Waals surface area contributed by atoms with Crippen LogP contribution in [-0.4, -0.2) is 38.6 Å². The number of ether oxygens (including phenoxy) is 3. The van der Waals surface area contributed by atoms with E-state index in [0.29, 0.717) is 11.3 Å². The first kappa shape index (κ1) is 23.8. The van der Waals surface area contributed by atoms with Crippen LogP contribution in [0.15, 0.2) is 76.4 Å². The highest BCUT2D eigenvalue weighted by atomic mass is 32.2. The molecule has 0 aliphatic carbocycles. The average Bonchev–Trinajstić information content (AvgIpc) is 2.87. The fourth-order valence-electron chi connectivity index (χ4n) is 3.71. The molecule has 11 heteroatoms. The molecular formula is C24H20N2O8S. The third-order valence-corrected chi connectivity index (χ3v) is 7.18. The Labute approximate surface area is 200 Å². The van der Waals surface area contributed by atoms with Crippen LogP contribution in [0.1, 0.15) is 0 Å². The molecule has 0 radical (unpaired) electrons. The van der Waals surface area contributed by atoms with Crippen LogP contribution in [-0.2, 0) is 10.0 Å². The van der Waals surface area contributed by atoms with Crippen molar-refractivity contribution in [2.45, 2.75) is 4.90 Å². The van der Waals surface area contributed by atoms with E-state index in [4.69, 9.17) is 14.2 Å². The van der Waals surface area contributed by atoms with Gasteiger partial charge in [0.1, 0.15) is 17.2 Å². The van der Waals surface area contributed by atoms with E-state index in [-0.39, 0.29) is 38.7 Å². The van der Waals surface area contributed by atoms with Crippen molar-refractivity contribution in [2.75, 3.05) is 21.3 Å². The molecule has 1 aromatic heterocycles. The molecule has 0 amide bonds. The van der Waals surface area contributed by atoms with Crippen molar-refractivity contribution in [3.8, 4) is 28.5 Å². The van der Waals surface area contributed by atoms with Crippen molar-refractivity contribution < 1.29 is 27.6 Å². The number of methoxy groups -OCH3 is 3. The Bertz CT molecular complexity index is 1590. The molecule has 0 aliphatic heterocycles. The van der Waals surface area contributed by atoms with Crippen molar-refractivity contribution >= 4 is 26.6 Å². The van der Waals surface area contributed by atoms with Gasteiger partial charge in [0, 0.05) is 30.3 Å². The minimum atomic E-state index is -4.36. The number of non-ortho nitro benzene ring substituents is 1. The second-order valence-electron chi connectivity index (χ2n) is 7.37. The lowest BCUT2D eigenvalue weighted by atomic mass is 10.1. The highest BCUT2D eigenvalue weighted by molar-refractivity contribution is 7.90. The van der Waals surface area contributed by atoms with Crippen LogP contribution in [0, 0.1) is 10.1 Å². The Morgan fingerprint density at radius 2 is 1.46 bits per heavy atom. The molecule has 0 N–H and O–H groups in total. The molecule has 0 unspecified atom stereocenters. The molecule has 4 rings (SSSR count). The van der Waals surface area contributed by atoms with Gasteiger partial charge in [-0.25, -0.2) is 12.4 Å². The summed E-state index contributed by atoms with van der Waals surface area (Å²) in [4.78, 5) is 23.4. The minimum Gasteiger partial charge on any atom is -0.497 e. The summed E-state index contributed by atoms with van der Waals surface area (Å²) < 4.78 is 44.8. The first-order valence-electron chi connectivity index (χ1n) is 10.2. The van der Waals surface area contributed by atoms with Gasteiger partial charge in [-0.2, -0.15) is 0 Å². The number of nitro benzene ring substituents is 1. The van der Waals surface area contributed by atoms with E-state index in [9.17, 15) is 23.3 Å². The van der Waals surface area contributed by atoms with Crippen LogP contribution in [0.2, 0.25) is 0 Å². The van der Waals surface area contributed by atoms with Gasteiger partial charge in [-0.05, 0) is 42.0 Å². The number of aromatic nitrogens is 1. The average molecular weight is 496 g/mol. The number of pyridine rings is 1. The zero-order valence-corrected chi connectivity index (χ0v) is 19.7. The van der Waals surface area contributed by atoms with Crippen LogP contribution < -0.4 is 19.6 Å². The SMILES string of the molecule is COc1ccc(-c2cc(=O)c3c(OC)cc(OC)cc3n2S(=O)(=O)c2ccc([N+](=O)[O-])cc2)cc1. The topological polar surface area (TPSA) is 127 Å². The largest absolute Gasteiger partial charge is 0.497 e. The molecule has 0 saturated carbocycles. The van der Waals surface area contributed by atoms with Crippen LogP contribution >= 0.6 is 0 Å². The normalized spacial score (nSPS) is 11.3. The molecule has 180 valence electrons. The van der Waals surface area contributed by atoms with E-state index < -0.39 is 20.4 Å². The summed E-state index contributed by atoms with van der Waals surface area (Å²) in [6.07, 6.45) is 0. The maximum atomic E-state index is 13.9. The van der Waals surface area contributed by atoms with E-state index >= 15 is 0 Å². The zero-order valence-electron chi connectivity index (χ0n) is 18.9. The maximum Gasteiger partial charge on any atom is 0.269 e. The van der Waals surface area contributed by atoms with E-state index in [2.05, 4.69) is 0 Å². The number of nitro groups is 1. The quantitative estimate of drug-likeness (QED) is 0.279. The van der Waals surface area contributed by atoms with Gasteiger partial charge in [-0.15, -0.1) is 0 Å². The summed E-state index contributed by atoms with van der Waals surface area (Å²) in [7, 11) is -0.0926. The zero-order chi connectivity index (χ0) is 25.3. The smallest absolute Gasteiger partial charge is 0.269 e. The lowest BCUT2D eigenvalue weighted by molar-refractivity contribution is -0.384. The molecule has 35 heavy (non-hydrogen) atoms. The molecule has 0 bridgehead atoms. The van der Waals surface area contributed by atoms with Gasteiger partial charge < -0.3 is 14.2 Å². The summed E-state index contributed by atoms with van der Waals surface area (Å²) in [5.74, 6) is 0.955. The molecular weight excluding hydrogens is 476 g/mol.